The van der Waals surface area contributed by atoms with Crippen molar-refractivity contribution in [3.8, 4) is 0 Å². The van der Waals surface area contributed by atoms with Crippen molar-refractivity contribution in [2.24, 2.45) is 0 Å². The van der Waals surface area contributed by atoms with Crippen LogP contribution in [0.2, 0.25) is 0 Å². The molecule has 0 saturated carbocycles. The molecule has 1 unspecified atom stereocenters. The number of fused-ring (bicyclic) bond motifs is 3. The van der Waals surface area contributed by atoms with Crippen LogP contribution in [0.25, 0.3) is 0 Å². The average molecular weight is 335 g/mol. The molecule has 0 bridgehead atoms. The van der Waals surface area contributed by atoms with Crippen LogP contribution in [-0.2, 0) is 15.9 Å². The van der Waals surface area contributed by atoms with Gasteiger partial charge in [-0.2, -0.15) is 0 Å². The molecule has 1 atom stereocenters. The summed E-state index contributed by atoms with van der Waals surface area (Å²) in [5.41, 5.74) is 2.61. The van der Waals surface area contributed by atoms with E-state index in [2.05, 4.69) is 31.4 Å². The molecule has 2 heterocycles. The smallest absolute Gasteiger partial charge is 0.276 e. The van der Waals surface area contributed by atoms with Gasteiger partial charge in [-0.15, -0.1) is 0 Å². The van der Waals surface area contributed by atoms with Crippen LogP contribution in [0.4, 0.5) is 11.4 Å². The first-order chi connectivity index (χ1) is 11.7. The predicted octanol–water partition coefficient (Wildman–Crippen LogP) is 3.29. The van der Waals surface area contributed by atoms with Crippen molar-refractivity contribution in [2.75, 3.05) is 17.7 Å². The Kier molecular flexibility index (Phi) is 3.04. The van der Waals surface area contributed by atoms with Gasteiger partial charge in [-0.25, -0.2) is 0 Å². The van der Waals surface area contributed by atoms with Crippen LogP contribution in [0.1, 0.15) is 42.3 Å². The largest absolute Gasteiger partial charge is 0.350 e. The second kappa shape index (κ2) is 4.85. The summed E-state index contributed by atoms with van der Waals surface area (Å²) in [6.07, 6.45) is 0. The first-order valence-electron chi connectivity index (χ1n) is 8.37. The van der Waals surface area contributed by atoms with Crippen molar-refractivity contribution < 1.29 is 9.59 Å². The van der Waals surface area contributed by atoms with Gasteiger partial charge in [-0.05, 0) is 35.2 Å². The summed E-state index contributed by atoms with van der Waals surface area (Å²) in [5, 5.41) is 6.25. The number of carbonyl (C=O) groups is 2. The lowest BCUT2D eigenvalue weighted by atomic mass is 9.83. The van der Waals surface area contributed by atoms with E-state index in [0.717, 1.165) is 16.8 Å². The van der Waals surface area contributed by atoms with E-state index in [-0.39, 0.29) is 17.2 Å². The van der Waals surface area contributed by atoms with Crippen LogP contribution >= 0.6 is 0 Å². The lowest BCUT2D eigenvalue weighted by molar-refractivity contribution is -0.124. The van der Waals surface area contributed by atoms with E-state index in [0.29, 0.717) is 11.3 Å². The number of hydrogen-bond donors (Lipinski definition) is 2. The first-order valence-corrected chi connectivity index (χ1v) is 8.37. The third kappa shape index (κ3) is 2.02. The molecule has 5 nitrogen and oxygen atoms in total. The Bertz CT molecular complexity index is 913. The van der Waals surface area contributed by atoms with Crippen LogP contribution < -0.4 is 10.6 Å². The van der Waals surface area contributed by atoms with Crippen LogP contribution in [0.3, 0.4) is 0 Å². The molecule has 2 amide bonds. The molecule has 128 valence electrons. The van der Waals surface area contributed by atoms with Gasteiger partial charge in [0.25, 0.3) is 11.8 Å². The minimum absolute atomic E-state index is 0.0585. The van der Waals surface area contributed by atoms with Crippen LogP contribution in [0.15, 0.2) is 42.5 Å². The Morgan fingerprint density at radius 1 is 1.00 bits per heavy atom. The van der Waals surface area contributed by atoms with E-state index in [1.807, 2.05) is 36.4 Å². The van der Waals surface area contributed by atoms with Crippen LogP contribution in [-0.4, -0.2) is 23.8 Å². The summed E-state index contributed by atoms with van der Waals surface area (Å²) >= 11 is 0. The zero-order valence-corrected chi connectivity index (χ0v) is 14.8. The van der Waals surface area contributed by atoms with Gasteiger partial charge in [0.05, 0.1) is 5.56 Å². The fraction of sp³-hybridized carbons (Fsp3) is 0.300. The van der Waals surface area contributed by atoms with Crippen molar-refractivity contribution in [1.29, 1.82) is 0 Å². The average Bonchev–Trinajstić information content (AvgIpc) is 2.84. The monoisotopic (exact) mass is 335 g/mol. The molecule has 4 rings (SSSR count). The molecule has 2 aromatic carbocycles. The number of hydrogen-bond acceptors (Lipinski definition) is 3. The van der Waals surface area contributed by atoms with Crippen molar-refractivity contribution >= 4 is 23.2 Å². The molecular weight excluding hydrogens is 314 g/mol. The minimum Gasteiger partial charge on any atom is -0.350 e. The number of rotatable bonds is 0. The lowest BCUT2D eigenvalue weighted by Gasteiger charge is -2.42. The summed E-state index contributed by atoms with van der Waals surface area (Å²) in [6.45, 7) is 6.39. The van der Waals surface area contributed by atoms with Gasteiger partial charge in [0.1, 0.15) is 0 Å². The fourth-order valence-electron chi connectivity index (χ4n) is 3.60. The highest BCUT2D eigenvalue weighted by atomic mass is 16.2. The topological polar surface area (TPSA) is 61.4 Å². The van der Waals surface area contributed by atoms with Gasteiger partial charge in [0.2, 0.25) is 5.66 Å². The predicted molar refractivity (Wildman–Crippen MR) is 97.6 cm³/mol. The summed E-state index contributed by atoms with van der Waals surface area (Å²) in [4.78, 5) is 27.4. The highest BCUT2D eigenvalue weighted by molar-refractivity contribution is 6.14. The van der Waals surface area contributed by atoms with E-state index >= 15 is 0 Å². The molecule has 25 heavy (non-hydrogen) atoms. The summed E-state index contributed by atoms with van der Waals surface area (Å²) < 4.78 is 0. The molecular formula is C20H21N3O2. The molecule has 0 radical (unpaired) electrons. The molecule has 5 heteroatoms. The van der Waals surface area contributed by atoms with E-state index in [9.17, 15) is 9.59 Å². The van der Waals surface area contributed by atoms with Crippen molar-refractivity contribution in [2.45, 2.75) is 31.8 Å². The van der Waals surface area contributed by atoms with Crippen LogP contribution in [0.5, 0.6) is 0 Å². The molecule has 0 aliphatic carbocycles. The third-order valence-corrected chi connectivity index (χ3v) is 5.13. The zero-order valence-electron chi connectivity index (χ0n) is 14.8. The highest BCUT2D eigenvalue weighted by Crippen LogP contribution is 2.45. The number of carbonyl (C=O) groups excluding carboxylic acids is 2. The second-order valence-corrected chi connectivity index (χ2v) is 7.71. The number of anilines is 2. The molecule has 0 aromatic heterocycles. The summed E-state index contributed by atoms with van der Waals surface area (Å²) in [6, 6.07) is 13.3. The number of likely N-dealkylation sites (N-methyl/N-ethyl adjacent to an activating group) is 1. The number of nitrogens with zero attached hydrogens (tertiary/aromatic N) is 1. The lowest BCUT2D eigenvalue weighted by Crippen LogP contribution is -2.59. The summed E-state index contributed by atoms with van der Waals surface area (Å²) in [5.74, 6) is -0.405. The van der Waals surface area contributed by atoms with E-state index in [1.54, 1.807) is 13.1 Å². The molecule has 2 aliphatic heterocycles. The van der Waals surface area contributed by atoms with Crippen molar-refractivity contribution in [3.63, 3.8) is 0 Å². The van der Waals surface area contributed by atoms with E-state index in [4.69, 9.17) is 0 Å². The van der Waals surface area contributed by atoms with Gasteiger partial charge in [-0.3, -0.25) is 9.59 Å². The molecule has 2 aromatic rings. The fourth-order valence-corrected chi connectivity index (χ4v) is 3.60. The SMILES string of the molecule is CN1C(=O)c2ccccc2NC12C(=O)Nc1ccc(C(C)(C)C)cc12. The molecule has 2 aliphatic rings. The quantitative estimate of drug-likeness (QED) is 0.777. The summed E-state index contributed by atoms with van der Waals surface area (Å²) in [7, 11) is 1.67. The first kappa shape index (κ1) is 15.7. The molecule has 0 fully saturated rings. The Balaban J connectivity index is 1.95. The Hall–Kier alpha value is -2.82. The van der Waals surface area contributed by atoms with Gasteiger partial charge >= 0.3 is 0 Å². The number of para-hydroxylation sites is 1. The van der Waals surface area contributed by atoms with Crippen molar-refractivity contribution in [1.82, 2.24) is 4.90 Å². The Labute approximate surface area is 147 Å². The van der Waals surface area contributed by atoms with E-state index in [1.165, 1.54) is 4.90 Å². The Morgan fingerprint density at radius 3 is 2.44 bits per heavy atom. The van der Waals surface area contributed by atoms with Gasteiger partial charge in [0, 0.05) is 24.0 Å². The standard InChI is InChI=1S/C20H21N3O2/c1-19(2,3)12-9-10-16-14(11-12)20(18(25)21-16)22-15-8-6-5-7-13(15)17(24)23(20)4/h5-11,22H,1-4H3,(H,21,25). The maximum absolute atomic E-state index is 13.0. The number of nitrogens with one attached hydrogen (secondary N) is 2. The maximum Gasteiger partial charge on any atom is 0.276 e. The maximum atomic E-state index is 13.0. The van der Waals surface area contributed by atoms with E-state index < -0.39 is 5.66 Å². The van der Waals surface area contributed by atoms with Crippen molar-refractivity contribution in [3.05, 3.63) is 59.2 Å². The highest BCUT2D eigenvalue weighted by Gasteiger charge is 2.55. The minimum atomic E-state index is -1.22. The Morgan fingerprint density at radius 2 is 1.72 bits per heavy atom. The molecule has 2 N–H and O–H groups in total. The zero-order chi connectivity index (χ0) is 18.0. The number of amides is 2. The van der Waals surface area contributed by atoms with Gasteiger partial charge < -0.3 is 15.5 Å². The third-order valence-electron chi connectivity index (χ3n) is 5.13. The second-order valence-electron chi connectivity index (χ2n) is 7.71. The normalized spacial score (nSPS) is 21.7. The van der Waals surface area contributed by atoms with Gasteiger partial charge in [0.15, 0.2) is 0 Å². The molecule has 1 spiro atoms. The number of benzene rings is 2. The molecule has 0 saturated heterocycles. The van der Waals surface area contributed by atoms with Crippen LogP contribution in [0, 0.1) is 0 Å². The van der Waals surface area contributed by atoms with Gasteiger partial charge in [-0.1, -0.05) is 39.0 Å².